The minimum atomic E-state index is 0.629. The summed E-state index contributed by atoms with van der Waals surface area (Å²) in [6, 6.07) is 1.79. The molecule has 0 aliphatic carbocycles. The van der Waals surface area contributed by atoms with Crippen molar-refractivity contribution < 1.29 is 4.42 Å². The van der Waals surface area contributed by atoms with Crippen LogP contribution in [0, 0.1) is 0 Å². The second-order valence-corrected chi connectivity index (χ2v) is 5.75. The van der Waals surface area contributed by atoms with Crippen molar-refractivity contribution in [3.05, 3.63) is 26.8 Å². The SMILES string of the molecule is CCNCCc1ncc(-c2cc(Cl)sc2Cl)o1. The number of aromatic nitrogens is 1. The van der Waals surface area contributed by atoms with Crippen LogP contribution in [-0.4, -0.2) is 18.1 Å². The molecule has 17 heavy (non-hydrogen) atoms. The second-order valence-electron chi connectivity index (χ2n) is 3.46. The van der Waals surface area contributed by atoms with Crippen molar-refractivity contribution in [1.29, 1.82) is 0 Å². The quantitative estimate of drug-likeness (QED) is 0.850. The second kappa shape index (κ2) is 5.87. The van der Waals surface area contributed by atoms with Gasteiger partial charge >= 0.3 is 0 Å². The molecule has 0 aliphatic heterocycles. The minimum absolute atomic E-state index is 0.629. The maximum absolute atomic E-state index is 6.05. The van der Waals surface area contributed by atoms with Gasteiger partial charge in [0.15, 0.2) is 11.7 Å². The highest BCUT2D eigenvalue weighted by Crippen LogP contribution is 2.38. The maximum atomic E-state index is 6.05. The number of halogens is 2. The predicted molar refractivity (Wildman–Crippen MR) is 72.1 cm³/mol. The van der Waals surface area contributed by atoms with Gasteiger partial charge in [-0.2, -0.15) is 0 Å². The maximum Gasteiger partial charge on any atom is 0.196 e. The summed E-state index contributed by atoms with van der Waals surface area (Å²) >= 11 is 13.3. The van der Waals surface area contributed by atoms with Gasteiger partial charge in [0, 0.05) is 18.5 Å². The average Bonchev–Trinajstić information content (AvgIpc) is 2.86. The Morgan fingerprint density at radius 2 is 2.29 bits per heavy atom. The van der Waals surface area contributed by atoms with Crippen LogP contribution in [0.2, 0.25) is 8.67 Å². The number of hydrogen-bond donors (Lipinski definition) is 1. The molecule has 92 valence electrons. The van der Waals surface area contributed by atoms with E-state index in [4.69, 9.17) is 27.6 Å². The van der Waals surface area contributed by atoms with Crippen molar-refractivity contribution in [2.75, 3.05) is 13.1 Å². The van der Waals surface area contributed by atoms with Crippen LogP contribution in [0.3, 0.4) is 0 Å². The molecule has 2 aromatic heterocycles. The third-order valence-electron chi connectivity index (χ3n) is 2.24. The van der Waals surface area contributed by atoms with E-state index in [0.29, 0.717) is 20.3 Å². The Bertz CT molecular complexity index is 495. The third kappa shape index (κ3) is 3.22. The molecule has 2 aromatic rings. The molecule has 0 unspecified atom stereocenters. The van der Waals surface area contributed by atoms with Gasteiger partial charge in [-0.05, 0) is 12.6 Å². The topological polar surface area (TPSA) is 38.1 Å². The minimum Gasteiger partial charge on any atom is -0.441 e. The van der Waals surface area contributed by atoms with Crippen molar-refractivity contribution in [3.8, 4) is 11.3 Å². The highest BCUT2D eigenvalue weighted by molar-refractivity contribution is 7.20. The lowest BCUT2D eigenvalue weighted by Gasteiger charge is -1.97. The van der Waals surface area contributed by atoms with E-state index in [-0.39, 0.29) is 0 Å². The fourth-order valence-electron chi connectivity index (χ4n) is 1.43. The Morgan fingerprint density at radius 3 is 2.94 bits per heavy atom. The van der Waals surface area contributed by atoms with Crippen LogP contribution in [0.4, 0.5) is 0 Å². The zero-order chi connectivity index (χ0) is 12.3. The van der Waals surface area contributed by atoms with Gasteiger partial charge in [0.05, 0.1) is 10.5 Å². The molecule has 0 aliphatic rings. The monoisotopic (exact) mass is 290 g/mol. The molecule has 0 aromatic carbocycles. The van der Waals surface area contributed by atoms with Gasteiger partial charge in [-0.15, -0.1) is 11.3 Å². The van der Waals surface area contributed by atoms with Crippen molar-refractivity contribution in [2.24, 2.45) is 0 Å². The lowest BCUT2D eigenvalue weighted by molar-refractivity contribution is 0.497. The highest BCUT2D eigenvalue weighted by Gasteiger charge is 2.13. The van der Waals surface area contributed by atoms with Crippen molar-refractivity contribution in [3.63, 3.8) is 0 Å². The van der Waals surface area contributed by atoms with E-state index in [2.05, 4.69) is 17.2 Å². The lowest BCUT2D eigenvalue weighted by atomic mass is 10.3. The summed E-state index contributed by atoms with van der Waals surface area (Å²) in [4.78, 5) is 4.21. The lowest BCUT2D eigenvalue weighted by Crippen LogP contribution is -2.16. The summed E-state index contributed by atoms with van der Waals surface area (Å²) in [5.41, 5.74) is 0.809. The van der Waals surface area contributed by atoms with Gasteiger partial charge in [0.25, 0.3) is 0 Å². The third-order valence-corrected chi connectivity index (χ3v) is 3.73. The van der Waals surface area contributed by atoms with Crippen molar-refractivity contribution in [2.45, 2.75) is 13.3 Å². The molecule has 0 radical (unpaired) electrons. The van der Waals surface area contributed by atoms with E-state index in [0.717, 1.165) is 25.1 Å². The number of oxazole rings is 1. The molecule has 0 saturated carbocycles. The molecule has 2 heterocycles. The van der Waals surface area contributed by atoms with E-state index in [1.807, 2.05) is 0 Å². The van der Waals surface area contributed by atoms with E-state index in [1.165, 1.54) is 11.3 Å². The molecule has 0 atom stereocenters. The molecule has 0 saturated heterocycles. The normalized spacial score (nSPS) is 11.0. The van der Waals surface area contributed by atoms with Crippen molar-refractivity contribution >= 4 is 34.5 Å². The molecular formula is C11H12Cl2N2OS. The van der Waals surface area contributed by atoms with Gasteiger partial charge in [0.2, 0.25) is 0 Å². The number of hydrogen-bond acceptors (Lipinski definition) is 4. The van der Waals surface area contributed by atoms with Gasteiger partial charge in [-0.1, -0.05) is 30.1 Å². The molecule has 0 spiro atoms. The zero-order valence-electron chi connectivity index (χ0n) is 9.30. The molecule has 0 fully saturated rings. The van der Waals surface area contributed by atoms with Gasteiger partial charge in [-0.25, -0.2) is 4.98 Å². The Balaban J connectivity index is 2.10. The number of nitrogens with zero attached hydrogens (tertiary/aromatic N) is 1. The zero-order valence-corrected chi connectivity index (χ0v) is 11.6. The predicted octanol–water partition coefficient (Wildman–Crippen LogP) is 3.86. The average molecular weight is 291 g/mol. The Kier molecular flexibility index (Phi) is 4.45. The summed E-state index contributed by atoms with van der Waals surface area (Å²) < 4.78 is 6.90. The van der Waals surface area contributed by atoms with Crippen LogP contribution < -0.4 is 5.32 Å². The largest absolute Gasteiger partial charge is 0.441 e. The molecule has 1 N–H and O–H groups in total. The molecule has 0 bridgehead atoms. The number of rotatable bonds is 5. The standard InChI is InChI=1S/C11H12Cl2N2OS/c1-2-14-4-3-10-15-6-8(16-10)7-5-9(12)17-11(7)13/h5-6,14H,2-4H2,1H3. The first-order chi connectivity index (χ1) is 8.20. The van der Waals surface area contributed by atoms with Crippen LogP contribution in [-0.2, 0) is 6.42 Å². The molecular weight excluding hydrogens is 279 g/mol. The summed E-state index contributed by atoms with van der Waals surface area (Å²) in [5.74, 6) is 1.38. The van der Waals surface area contributed by atoms with Crippen LogP contribution in [0.15, 0.2) is 16.7 Å². The summed E-state index contributed by atoms with van der Waals surface area (Å²) in [7, 11) is 0. The van der Waals surface area contributed by atoms with Crippen LogP contribution in [0.5, 0.6) is 0 Å². The Hall–Kier alpha value is -0.550. The smallest absolute Gasteiger partial charge is 0.196 e. The summed E-state index contributed by atoms with van der Waals surface area (Å²) in [5, 5.41) is 3.22. The highest BCUT2D eigenvalue weighted by atomic mass is 35.5. The number of likely N-dealkylation sites (N-methyl/N-ethyl adjacent to an activating group) is 1. The first-order valence-electron chi connectivity index (χ1n) is 5.31. The van der Waals surface area contributed by atoms with Gasteiger partial charge in [-0.3, -0.25) is 0 Å². The first kappa shape index (κ1) is 12.9. The number of nitrogens with one attached hydrogen (secondary N) is 1. The number of thiophene rings is 1. The van der Waals surface area contributed by atoms with Crippen LogP contribution >= 0.6 is 34.5 Å². The molecule has 6 heteroatoms. The van der Waals surface area contributed by atoms with Crippen molar-refractivity contribution in [1.82, 2.24) is 10.3 Å². The Labute approximate surface area is 114 Å². The molecule has 2 rings (SSSR count). The van der Waals surface area contributed by atoms with E-state index in [9.17, 15) is 0 Å². The van der Waals surface area contributed by atoms with Gasteiger partial charge < -0.3 is 9.73 Å². The van der Waals surface area contributed by atoms with E-state index < -0.39 is 0 Å². The van der Waals surface area contributed by atoms with E-state index >= 15 is 0 Å². The van der Waals surface area contributed by atoms with Crippen LogP contribution in [0.25, 0.3) is 11.3 Å². The van der Waals surface area contributed by atoms with Gasteiger partial charge in [0.1, 0.15) is 4.34 Å². The first-order valence-corrected chi connectivity index (χ1v) is 6.88. The summed E-state index contributed by atoms with van der Waals surface area (Å²) in [6.07, 6.45) is 2.45. The Morgan fingerprint density at radius 1 is 1.47 bits per heavy atom. The van der Waals surface area contributed by atoms with E-state index in [1.54, 1.807) is 12.3 Å². The summed E-state index contributed by atoms with van der Waals surface area (Å²) in [6.45, 7) is 3.86. The van der Waals surface area contributed by atoms with Crippen LogP contribution in [0.1, 0.15) is 12.8 Å². The molecule has 0 amide bonds. The fraction of sp³-hybridized carbons (Fsp3) is 0.364. The molecule has 3 nitrogen and oxygen atoms in total. The fourth-order valence-corrected chi connectivity index (χ4v) is 2.90.